The second-order valence-electron chi connectivity index (χ2n) is 4.62. The number of aryl methyl sites for hydroxylation is 1. The maximum atomic E-state index is 13.4. The van der Waals surface area contributed by atoms with Gasteiger partial charge in [-0.2, -0.15) is 0 Å². The molecule has 2 aromatic rings. The summed E-state index contributed by atoms with van der Waals surface area (Å²) in [5.74, 6) is 5.33. The van der Waals surface area contributed by atoms with Crippen LogP contribution in [-0.4, -0.2) is 0 Å². The first-order chi connectivity index (χ1) is 9.08. The fourth-order valence-electron chi connectivity index (χ4n) is 2.12. The van der Waals surface area contributed by atoms with Gasteiger partial charge in [0.05, 0.1) is 6.04 Å². The second kappa shape index (κ2) is 6.28. The van der Waals surface area contributed by atoms with Crippen molar-refractivity contribution in [2.45, 2.75) is 19.4 Å². The maximum absolute atomic E-state index is 13.4. The van der Waals surface area contributed by atoms with Gasteiger partial charge in [0.25, 0.3) is 0 Å². The van der Waals surface area contributed by atoms with Crippen molar-refractivity contribution in [2.75, 3.05) is 0 Å². The van der Waals surface area contributed by atoms with Gasteiger partial charge in [-0.25, -0.2) is 4.39 Å². The molecular weight excluding hydrogens is 307 g/mol. The molecule has 0 fully saturated rings. The number of benzene rings is 2. The van der Waals surface area contributed by atoms with E-state index in [0.29, 0.717) is 10.9 Å². The molecule has 0 bridgehead atoms. The third-order valence-electron chi connectivity index (χ3n) is 3.01. The first-order valence-electron chi connectivity index (χ1n) is 6.06. The van der Waals surface area contributed by atoms with E-state index in [9.17, 15) is 4.39 Å². The lowest BCUT2D eigenvalue weighted by molar-refractivity contribution is 0.544. The van der Waals surface area contributed by atoms with E-state index >= 15 is 0 Å². The van der Waals surface area contributed by atoms with Crippen molar-refractivity contribution in [3.05, 3.63) is 69.4 Å². The fraction of sp³-hybridized carbons (Fsp3) is 0.200. The molecule has 100 valence electrons. The van der Waals surface area contributed by atoms with Gasteiger partial charge < -0.3 is 0 Å². The highest BCUT2D eigenvalue weighted by atomic mass is 79.9. The molecule has 0 heterocycles. The summed E-state index contributed by atoms with van der Waals surface area (Å²) in [5, 5.41) is 0. The molecule has 0 saturated heterocycles. The number of hydrogen-bond donors (Lipinski definition) is 2. The Labute approximate surface area is 120 Å². The van der Waals surface area contributed by atoms with Crippen molar-refractivity contribution < 1.29 is 4.39 Å². The summed E-state index contributed by atoms with van der Waals surface area (Å²) in [7, 11) is 0. The van der Waals surface area contributed by atoms with Crippen LogP contribution in [0.25, 0.3) is 0 Å². The predicted octanol–water partition coefficient (Wildman–Crippen LogP) is 3.64. The van der Waals surface area contributed by atoms with E-state index in [1.165, 1.54) is 23.3 Å². The molecule has 2 rings (SSSR count). The molecule has 0 aliphatic carbocycles. The van der Waals surface area contributed by atoms with E-state index in [4.69, 9.17) is 5.84 Å². The van der Waals surface area contributed by atoms with Crippen LogP contribution in [0.1, 0.15) is 22.7 Å². The van der Waals surface area contributed by atoms with Crippen LogP contribution in [0, 0.1) is 12.7 Å². The summed E-state index contributed by atoms with van der Waals surface area (Å²) in [6.45, 7) is 2.05. The third kappa shape index (κ3) is 3.86. The van der Waals surface area contributed by atoms with Crippen LogP contribution in [0.4, 0.5) is 4.39 Å². The first-order valence-corrected chi connectivity index (χ1v) is 6.85. The van der Waals surface area contributed by atoms with Gasteiger partial charge in [-0.05, 0) is 42.7 Å². The zero-order valence-electron chi connectivity index (χ0n) is 10.7. The predicted molar refractivity (Wildman–Crippen MR) is 79.0 cm³/mol. The molecule has 0 aromatic heterocycles. The van der Waals surface area contributed by atoms with Crippen LogP contribution in [0.2, 0.25) is 0 Å². The normalized spacial score (nSPS) is 12.4. The maximum Gasteiger partial charge on any atom is 0.124 e. The minimum absolute atomic E-state index is 0.117. The molecule has 3 N–H and O–H groups in total. The lowest BCUT2D eigenvalue weighted by atomic mass is 9.98. The number of nitrogens with one attached hydrogen (secondary N) is 1. The van der Waals surface area contributed by atoms with Crippen molar-refractivity contribution in [3.8, 4) is 0 Å². The number of halogens is 2. The minimum Gasteiger partial charge on any atom is -0.271 e. The highest BCUT2D eigenvalue weighted by Crippen LogP contribution is 2.23. The lowest BCUT2D eigenvalue weighted by Crippen LogP contribution is -2.29. The monoisotopic (exact) mass is 322 g/mol. The van der Waals surface area contributed by atoms with Gasteiger partial charge in [-0.1, -0.05) is 45.8 Å². The summed E-state index contributed by atoms with van der Waals surface area (Å²) < 4.78 is 14.1. The smallest absolute Gasteiger partial charge is 0.124 e. The molecule has 0 saturated carbocycles. The largest absolute Gasteiger partial charge is 0.271 e. The molecule has 0 radical (unpaired) electrons. The Morgan fingerprint density at radius 1 is 1.26 bits per heavy atom. The van der Waals surface area contributed by atoms with Gasteiger partial charge in [0.15, 0.2) is 0 Å². The second-order valence-corrected chi connectivity index (χ2v) is 5.53. The Kier molecular flexibility index (Phi) is 4.69. The Balaban J connectivity index is 2.24. The van der Waals surface area contributed by atoms with E-state index in [1.54, 1.807) is 0 Å². The van der Waals surface area contributed by atoms with Crippen LogP contribution in [0.3, 0.4) is 0 Å². The van der Waals surface area contributed by atoms with Gasteiger partial charge in [0.2, 0.25) is 0 Å². The quantitative estimate of drug-likeness (QED) is 0.666. The minimum atomic E-state index is -0.270. The Bertz CT molecular complexity index is 552. The van der Waals surface area contributed by atoms with E-state index in [-0.39, 0.29) is 11.9 Å². The Morgan fingerprint density at radius 2 is 2.05 bits per heavy atom. The zero-order valence-corrected chi connectivity index (χ0v) is 12.2. The molecule has 1 atom stereocenters. The molecule has 19 heavy (non-hydrogen) atoms. The van der Waals surface area contributed by atoms with E-state index < -0.39 is 0 Å². The summed E-state index contributed by atoms with van der Waals surface area (Å²) in [6, 6.07) is 12.9. The molecule has 0 aliphatic rings. The van der Waals surface area contributed by atoms with Crippen molar-refractivity contribution in [1.82, 2.24) is 5.43 Å². The Hall–Kier alpha value is -1.23. The van der Waals surface area contributed by atoms with Gasteiger partial charge in [-0.3, -0.25) is 11.3 Å². The molecule has 2 nitrogen and oxygen atoms in total. The topological polar surface area (TPSA) is 38.0 Å². The van der Waals surface area contributed by atoms with E-state index in [0.717, 1.165) is 5.56 Å². The molecule has 0 amide bonds. The van der Waals surface area contributed by atoms with Gasteiger partial charge in [0, 0.05) is 4.47 Å². The van der Waals surface area contributed by atoms with Crippen LogP contribution >= 0.6 is 15.9 Å². The van der Waals surface area contributed by atoms with Crippen molar-refractivity contribution in [2.24, 2.45) is 5.84 Å². The summed E-state index contributed by atoms with van der Waals surface area (Å²) >= 11 is 3.30. The zero-order chi connectivity index (χ0) is 13.8. The third-order valence-corrected chi connectivity index (χ3v) is 3.47. The molecule has 0 spiro atoms. The van der Waals surface area contributed by atoms with Crippen molar-refractivity contribution in [1.29, 1.82) is 0 Å². The van der Waals surface area contributed by atoms with Crippen LogP contribution in [-0.2, 0) is 6.42 Å². The van der Waals surface area contributed by atoms with Gasteiger partial charge in [0.1, 0.15) is 5.82 Å². The first kappa shape index (κ1) is 14.2. The summed E-state index contributed by atoms with van der Waals surface area (Å²) in [6.07, 6.45) is 0.716. The van der Waals surface area contributed by atoms with Gasteiger partial charge >= 0.3 is 0 Å². The average Bonchev–Trinajstić information content (AvgIpc) is 2.34. The fourth-order valence-corrected chi connectivity index (χ4v) is 2.61. The Morgan fingerprint density at radius 3 is 2.68 bits per heavy atom. The summed E-state index contributed by atoms with van der Waals surface area (Å²) in [4.78, 5) is 0. The standard InChI is InChI=1S/C15H16BrFN2/c1-10-3-2-4-11(5-10)6-15(19-18)12-7-13(16)9-14(17)8-12/h2-5,7-9,15,19H,6,18H2,1H3. The summed E-state index contributed by atoms with van der Waals surface area (Å²) in [5.41, 5.74) is 5.95. The van der Waals surface area contributed by atoms with Crippen LogP contribution in [0.5, 0.6) is 0 Å². The molecular formula is C15H16BrFN2. The number of rotatable bonds is 4. The SMILES string of the molecule is Cc1cccc(CC(NN)c2cc(F)cc(Br)c2)c1. The number of hydrogen-bond acceptors (Lipinski definition) is 2. The number of nitrogens with two attached hydrogens (primary N) is 1. The van der Waals surface area contributed by atoms with E-state index in [1.807, 2.05) is 31.2 Å². The van der Waals surface area contributed by atoms with Crippen molar-refractivity contribution >= 4 is 15.9 Å². The molecule has 4 heteroatoms. The highest BCUT2D eigenvalue weighted by Gasteiger charge is 2.12. The molecule has 1 unspecified atom stereocenters. The van der Waals surface area contributed by atoms with E-state index in [2.05, 4.69) is 27.4 Å². The highest BCUT2D eigenvalue weighted by molar-refractivity contribution is 9.10. The molecule has 0 aliphatic heterocycles. The molecule has 2 aromatic carbocycles. The number of hydrazine groups is 1. The van der Waals surface area contributed by atoms with Crippen LogP contribution in [0.15, 0.2) is 46.9 Å². The lowest BCUT2D eigenvalue weighted by Gasteiger charge is -2.17. The van der Waals surface area contributed by atoms with Crippen LogP contribution < -0.4 is 11.3 Å². The average molecular weight is 323 g/mol. The van der Waals surface area contributed by atoms with Crippen molar-refractivity contribution in [3.63, 3.8) is 0 Å². The van der Waals surface area contributed by atoms with Gasteiger partial charge in [-0.15, -0.1) is 0 Å².